The summed E-state index contributed by atoms with van der Waals surface area (Å²) in [6.07, 6.45) is -0.661. The van der Waals surface area contributed by atoms with E-state index in [1.165, 1.54) is 0 Å². The van der Waals surface area contributed by atoms with Crippen LogP contribution in [0.5, 0.6) is 5.75 Å². The van der Waals surface area contributed by atoms with Crippen molar-refractivity contribution in [1.29, 1.82) is 5.26 Å². The first-order chi connectivity index (χ1) is 13.8. The molecule has 0 spiro atoms. The third-order valence-corrected chi connectivity index (χ3v) is 5.00. The summed E-state index contributed by atoms with van der Waals surface area (Å²) in [5.41, 5.74) is 3.71. The van der Waals surface area contributed by atoms with Crippen molar-refractivity contribution in [3.05, 3.63) is 53.6 Å². The van der Waals surface area contributed by atoms with Gasteiger partial charge in [0.05, 0.1) is 31.2 Å². The van der Waals surface area contributed by atoms with Crippen molar-refractivity contribution < 1.29 is 14.3 Å². The maximum atomic E-state index is 11.8. The molecule has 0 aliphatic carbocycles. The van der Waals surface area contributed by atoms with Gasteiger partial charge < -0.3 is 14.4 Å². The maximum absolute atomic E-state index is 11.8. The van der Waals surface area contributed by atoms with Gasteiger partial charge in [-0.2, -0.15) is 5.26 Å². The van der Waals surface area contributed by atoms with Crippen LogP contribution in [0.2, 0.25) is 0 Å². The Morgan fingerprint density at radius 3 is 2.38 bits per heavy atom. The molecule has 3 rings (SSSR count). The highest BCUT2D eigenvalue weighted by molar-refractivity contribution is 5.84. The molecule has 1 aliphatic heterocycles. The van der Waals surface area contributed by atoms with E-state index in [1.807, 2.05) is 42.5 Å². The van der Waals surface area contributed by atoms with Gasteiger partial charge in [0.1, 0.15) is 5.75 Å². The Hall–Kier alpha value is -3.20. The van der Waals surface area contributed by atoms with Crippen molar-refractivity contribution in [3.63, 3.8) is 0 Å². The van der Waals surface area contributed by atoms with Gasteiger partial charge in [0.25, 0.3) is 0 Å². The average Bonchev–Trinajstić information content (AvgIpc) is 3.01. The average molecular weight is 393 g/mol. The Morgan fingerprint density at radius 2 is 1.83 bits per heavy atom. The molecule has 0 saturated heterocycles. The summed E-state index contributed by atoms with van der Waals surface area (Å²) in [5, 5.41) is 12.7. The lowest BCUT2D eigenvalue weighted by molar-refractivity contribution is 0.130. The molecule has 2 aromatic rings. The normalized spacial score (nSPS) is 17.8. The van der Waals surface area contributed by atoms with Gasteiger partial charge in [0.2, 0.25) is 0 Å². The molecular weight excluding hydrogens is 366 g/mol. The Balaban J connectivity index is 1.92. The standard InChI is InChI=1S/C23H27N3O3/c1-14(2)26-21-11-10-18(28-5)12-19(21)20(13-24)22(26)16-6-8-17(9-7-16)25-23(27)29-15(3)4/h6-12,14-15,20,22H,1-5H3,(H,25,27). The minimum absolute atomic E-state index is 0.112. The molecule has 0 bridgehead atoms. The number of hydrogen-bond acceptors (Lipinski definition) is 5. The van der Waals surface area contributed by atoms with Gasteiger partial charge in [-0.15, -0.1) is 0 Å². The van der Waals surface area contributed by atoms with Crippen LogP contribution in [-0.2, 0) is 4.74 Å². The maximum Gasteiger partial charge on any atom is 0.411 e. The molecular formula is C23H27N3O3. The van der Waals surface area contributed by atoms with E-state index in [4.69, 9.17) is 9.47 Å². The van der Waals surface area contributed by atoms with Gasteiger partial charge in [-0.05, 0) is 69.2 Å². The second kappa shape index (κ2) is 8.44. The smallest absolute Gasteiger partial charge is 0.411 e. The molecule has 1 N–H and O–H groups in total. The fourth-order valence-electron chi connectivity index (χ4n) is 3.84. The van der Waals surface area contributed by atoms with E-state index in [2.05, 4.69) is 30.1 Å². The first-order valence-electron chi connectivity index (χ1n) is 9.79. The van der Waals surface area contributed by atoms with Crippen LogP contribution in [0.4, 0.5) is 16.2 Å². The number of nitrogens with zero attached hydrogens (tertiary/aromatic N) is 2. The van der Waals surface area contributed by atoms with Gasteiger partial charge in [-0.25, -0.2) is 4.79 Å². The lowest BCUT2D eigenvalue weighted by atomic mass is 9.91. The summed E-state index contributed by atoms with van der Waals surface area (Å²) in [7, 11) is 1.63. The highest BCUT2D eigenvalue weighted by atomic mass is 16.6. The SMILES string of the molecule is COc1ccc2c(c1)C(C#N)C(c1ccc(NC(=O)OC(C)C)cc1)N2C(C)C. The molecule has 2 aromatic carbocycles. The second-order valence-corrected chi connectivity index (χ2v) is 7.68. The molecule has 152 valence electrons. The molecule has 0 radical (unpaired) electrons. The Morgan fingerprint density at radius 1 is 1.14 bits per heavy atom. The van der Waals surface area contributed by atoms with Crippen molar-refractivity contribution in [1.82, 2.24) is 0 Å². The fourth-order valence-corrected chi connectivity index (χ4v) is 3.84. The number of rotatable bonds is 5. The van der Waals surface area contributed by atoms with E-state index in [1.54, 1.807) is 21.0 Å². The zero-order valence-corrected chi connectivity index (χ0v) is 17.5. The fraction of sp³-hybridized carbons (Fsp3) is 0.391. The number of hydrogen-bond donors (Lipinski definition) is 1. The summed E-state index contributed by atoms with van der Waals surface area (Å²) in [5.74, 6) is 0.434. The number of amides is 1. The zero-order chi connectivity index (χ0) is 21.1. The van der Waals surface area contributed by atoms with Crippen molar-refractivity contribution >= 4 is 17.5 Å². The number of anilines is 2. The third-order valence-electron chi connectivity index (χ3n) is 5.00. The molecule has 1 amide bonds. The second-order valence-electron chi connectivity index (χ2n) is 7.68. The minimum Gasteiger partial charge on any atom is -0.497 e. The van der Waals surface area contributed by atoms with Crippen LogP contribution in [0.3, 0.4) is 0 Å². The Bertz CT molecular complexity index is 916. The number of nitriles is 1. The monoisotopic (exact) mass is 393 g/mol. The zero-order valence-electron chi connectivity index (χ0n) is 17.5. The van der Waals surface area contributed by atoms with Gasteiger partial charge in [-0.1, -0.05) is 12.1 Å². The van der Waals surface area contributed by atoms with E-state index >= 15 is 0 Å². The van der Waals surface area contributed by atoms with Crippen molar-refractivity contribution in [2.24, 2.45) is 0 Å². The molecule has 0 saturated carbocycles. The molecule has 2 atom stereocenters. The lowest BCUT2D eigenvalue weighted by Gasteiger charge is -2.33. The van der Waals surface area contributed by atoms with E-state index in [0.29, 0.717) is 5.69 Å². The topological polar surface area (TPSA) is 74.6 Å². The Kier molecular flexibility index (Phi) is 5.97. The van der Waals surface area contributed by atoms with Crippen LogP contribution in [0.15, 0.2) is 42.5 Å². The van der Waals surface area contributed by atoms with Gasteiger partial charge in [-0.3, -0.25) is 5.32 Å². The van der Waals surface area contributed by atoms with Crippen LogP contribution in [-0.4, -0.2) is 25.3 Å². The van der Waals surface area contributed by atoms with E-state index in [0.717, 1.165) is 22.6 Å². The minimum atomic E-state index is -0.480. The summed E-state index contributed by atoms with van der Waals surface area (Å²) >= 11 is 0. The quantitative estimate of drug-likeness (QED) is 0.753. The number of carbonyl (C=O) groups is 1. The predicted molar refractivity (Wildman–Crippen MR) is 113 cm³/mol. The van der Waals surface area contributed by atoms with E-state index in [-0.39, 0.29) is 24.1 Å². The van der Waals surface area contributed by atoms with Crippen LogP contribution >= 0.6 is 0 Å². The van der Waals surface area contributed by atoms with Crippen molar-refractivity contribution in [3.8, 4) is 11.8 Å². The van der Waals surface area contributed by atoms with Gasteiger partial charge in [0.15, 0.2) is 0 Å². The van der Waals surface area contributed by atoms with Gasteiger partial charge >= 0.3 is 6.09 Å². The summed E-state index contributed by atoms with van der Waals surface area (Å²) in [6.45, 7) is 7.85. The number of methoxy groups -OCH3 is 1. The lowest BCUT2D eigenvalue weighted by Crippen LogP contribution is -2.33. The number of fused-ring (bicyclic) bond motifs is 1. The number of carbonyl (C=O) groups excluding carboxylic acids is 1. The van der Waals surface area contributed by atoms with Crippen LogP contribution in [0.1, 0.15) is 50.8 Å². The predicted octanol–water partition coefficient (Wildman–Crippen LogP) is 5.23. The Labute approximate surface area is 172 Å². The summed E-state index contributed by atoms with van der Waals surface area (Å²) in [4.78, 5) is 14.1. The largest absolute Gasteiger partial charge is 0.497 e. The number of nitrogens with one attached hydrogen (secondary N) is 1. The molecule has 2 unspecified atom stereocenters. The molecule has 1 heterocycles. The van der Waals surface area contributed by atoms with Crippen molar-refractivity contribution in [2.75, 3.05) is 17.3 Å². The third kappa shape index (κ3) is 4.14. The van der Waals surface area contributed by atoms with Crippen LogP contribution < -0.4 is 15.0 Å². The van der Waals surface area contributed by atoms with Crippen molar-refractivity contribution in [2.45, 2.75) is 51.8 Å². The molecule has 6 nitrogen and oxygen atoms in total. The molecule has 1 aliphatic rings. The van der Waals surface area contributed by atoms with Gasteiger partial charge in [0, 0.05) is 17.4 Å². The molecule has 0 fully saturated rings. The number of ether oxygens (including phenoxy) is 2. The first-order valence-corrected chi connectivity index (χ1v) is 9.79. The van der Waals surface area contributed by atoms with Crippen LogP contribution in [0.25, 0.3) is 0 Å². The highest BCUT2D eigenvalue weighted by Gasteiger charge is 2.41. The molecule has 29 heavy (non-hydrogen) atoms. The summed E-state index contributed by atoms with van der Waals surface area (Å²) in [6, 6.07) is 16.1. The summed E-state index contributed by atoms with van der Waals surface area (Å²) < 4.78 is 10.5. The molecule has 0 aromatic heterocycles. The van der Waals surface area contributed by atoms with Crippen LogP contribution in [0, 0.1) is 11.3 Å². The van der Waals surface area contributed by atoms with E-state index in [9.17, 15) is 10.1 Å². The first kappa shape index (κ1) is 20.5. The molecule has 6 heteroatoms. The highest BCUT2D eigenvalue weighted by Crippen LogP contribution is 2.50. The number of benzene rings is 2. The van der Waals surface area contributed by atoms with E-state index < -0.39 is 6.09 Å².